The summed E-state index contributed by atoms with van der Waals surface area (Å²) in [5.74, 6) is -5.34. The van der Waals surface area contributed by atoms with Crippen molar-refractivity contribution in [2.45, 2.75) is 12.4 Å². The van der Waals surface area contributed by atoms with E-state index in [-0.39, 0.29) is 12.1 Å². The van der Waals surface area contributed by atoms with Gasteiger partial charge in [0.2, 0.25) is 0 Å². The fourth-order valence-corrected chi connectivity index (χ4v) is 1.41. The standard InChI is InChI=1S/C10H5BF6O4/c12-9(13,14)7(18)5-2-1-4(11(20)21)3-6(5)8(19)10(15,16)17/h1-3,20-21H. The summed E-state index contributed by atoms with van der Waals surface area (Å²) in [4.78, 5) is 22.1. The van der Waals surface area contributed by atoms with Crippen LogP contribution in [-0.4, -0.2) is 41.1 Å². The van der Waals surface area contributed by atoms with Crippen molar-refractivity contribution in [1.82, 2.24) is 0 Å². The number of Topliss-reactive ketones (excluding diaryl/α,β-unsaturated/α-hetero) is 2. The zero-order chi connectivity index (χ0) is 16.6. The summed E-state index contributed by atoms with van der Waals surface area (Å²) in [5.41, 5.74) is -3.79. The number of benzene rings is 1. The first-order valence-corrected chi connectivity index (χ1v) is 5.09. The molecular formula is C10H5BF6O4. The van der Waals surface area contributed by atoms with Crippen molar-refractivity contribution in [2.75, 3.05) is 0 Å². The summed E-state index contributed by atoms with van der Waals surface area (Å²) >= 11 is 0. The number of hydrogen-bond acceptors (Lipinski definition) is 4. The molecule has 2 N–H and O–H groups in total. The minimum absolute atomic E-state index is 0.180. The minimum Gasteiger partial charge on any atom is -0.423 e. The second-order valence-corrected chi connectivity index (χ2v) is 3.83. The van der Waals surface area contributed by atoms with E-state index in [1.807, 2.05) is 0 Å². The maximum absolute atomic E-state index is 12.3. The molecule has 0 aliphatic rings. The fourth-order valence-electron chi connectivity index (χ4n) is 1.41. The van der Waals surface area contributed by atoms with E-state index in [4.69, 9.17) is 10.0 Å². The molecule has 0 spiro atoms. The van der Waals surface area contributed by atoms with E-state index in [0.717, 1.165) is 0 Å². The average molecular weight is 314 g/mol. The van der Waals surface area contributed by atoms with Crippen LogP contribution in [0, 0.1) is 0 Å². The lowest BCUT2D eigenvalue weighted by Gasteiger charge is -2.13. The zero-order valence-electron chi connectivity index (χ0n) is 9.79. The Bertz CT molecular complexity index is 578. The molecule has 0 aromatic heterocycles. The third kappa shape index (κ3) is 3.82. The smallest absolute Gasteiger partial charge is 0.423 e. The molecule has 0 fully saturated rings. The van der Waals surface area contributed by atoms with Gasteiger partial charge in [-0.2, -0.15) is 26.3 Å². The molecule has 0 saturated heterocycles. The molecule has 0 heterocycles. The van der Waals surface area contributed by atoms with Gasteiger partial charge < -0.3 is 10.0 Å². The first-order chi connectivity index (χ1) is 9.35. The van der Waals surface area contributed by atoms with E-state index in [2.05, 4.69) is 0 Å². The van der Waals surface area contributed by atoms with E-state index in [0.29, 0.717) is 6.07 Å². The van der Waals surface area contributed by atoms with Gasteiger partial charge in [-0.3, -0.25) is 9.59 Å². The highest BCUT2D eigenvalue weighted by atomic mass is 19.4. The summed E-state index contributed by atoms with van der Waals surface area (Å²) in [6, 6.07) is 1.06. The van der Waals surface area contributed by atoms with Crippen molar-refractivity contribution in [3.8, 4) is 0 Å². The highest BCUT2D eigenvalue weighted by Gasteiger charge is 2.46. The van der Waals surface area contributed by atoms with Crippen molar-refractivity contribution in [3.63, 3.8) is 0 Å². The molecule has 0 amide bonds. The van der Waals surface area contributed by atoms with Crippen LogP contribution in [-0.2, 0) is 0 Å². The third-order valence-corrected chi connectivity index (χ3v) is 2.35. The van der Waals surface area contributed by atoms with Gasteiger partial charge in [0.25, 0.3) is 11.6 Å². The molecule has 0 aliphatic heterocycles. The largest absolute Gasteiger partial charge is 0.488 e. The maximum atomic E-state index is 12.3. The molecule has 0 atom stereocenters. The Labute approximate surface area is 113 Å². The summed E-state index contributed by atoms with van der Waals surface area (Å²) < 4.78 is 73.9. The Kier molecular flexibility index (Phi) is 4.49. The zero-order valence-corrected chi connectivity index (χ0v) is 9.79. The van der Waals surface area contributed by atoms with Gasteiger partial charge in [0.1, 0.15) is 0 Å². The Balaban J connectivity index is 3.52. The molecular weight excluding hydrogens is 309 g/mol. The second kappa shape index (κ2) is 5.49. The third-order valence-electron chi connectivity index (χ3n) is 2.35. The molecule has 1 aromatic rings. The number of carbonyl (C=O) groups is 2. The normalized spacial score (nSPS) is 12.2. The maximum Gasteiger partial charge on any atom is 0.488 e. The molecule has 4 nitrogen and oxygen atoms in total. The fraction of sp³-hybridized carbons (Fsp3) is 0.200. The SMILES string of the molecule is O=C(c1ccc(B(O)O)cc1C(=O)C(F)(F)F)C(F)(F)F. The minimum atomic E-state index is -5.53. The predicted octanol–water partition coefficient (Wildman–Crippen LogP) is 0.856. The highest BCUT2D eigenvalue weighted by molar-refractivity contribution is 6.58. The second-order valence-electron chi connectivity index (χ2n) is 3.83. The molecule has 21 heavy (non-hydrogen) atoms. The van der Waals surface area contributed by atoms with E-state index in [9.17, 15) is 35.9 Å². The van der Waals surface area contributed by atoms with Crippen LogP contribution in [0.5, 0.6) is 0 Å². The molecule has 114 valence electrons. The first kappa shape index (κ1) is 17.2. The van der Waals surface area contributed by atoms with Crippen molar-refractivity contribution in [1.29, 1.82) is 0 Å². The van der Waals surface area contributed by atoms with Gasteiger partial charge in [-0.05, 0) is 5.46 Å². The van der Waals surface area contributed by atoms with Crippen molar-refractivity contribution in [3.05, 3.63) is 29.3 Å². The van der Waals surface area contributed by atoms with Gasteiger partial charge in [-0.15, -0.1) is 0 Å². The predicted molar refractivity (Wildman–Crippen MR) is 57.0 cm³/mol. The van der Waals surface area contributed by atoms with Crippen LogP contribution >= 0.6 is 0 Å². The number of hydrogen-bond donors (Lipinski definition) is 2. The van der Waals surface area contributed by atoms with Gasteiger partial charge in [-0.1, -0.05) is 18.2 Å². The lowest BCUT2D eigenvalue weighted by molar-refractivity contribution is -0.0908. The molecule has 1 aromatic carbocycles. The van der Waals surface area contributed by atoms with Crippen LogP contribution in [0.3, 0.4) is 0 Å². The Morgan fingerprint density at radius 1 is 0.857 bits per heavy atom. The van der Waals surface area contributed by atoms with E-state index >= 15 is 0 Å². The topological polar surface area (TPSA) is 74.6 Å². The summed E-state index contributed by atoms with van der Waals surface area (Å²) in [6.07, 6.45) is -11.0. The lowest BCUT2D eigenvalue weighted by Crippen LogP contribution is -2.34. The van der Waals surface area contributed by atoms with E-state index < -0.39 is 47.6 Å². The quantitative estimate of drug-likeness (QED) is 0.493. The molecule has 0 unspecified atom stereocenters. The molecule has 0 radical (unpaired) electrons. The Morgan fingerprint density at radius 2 is 1.29 bits per heavy atom. The molecule has 0 aliphatic carbocycles. The van der Waals surface area contributed by atoms with Gasteiger partial charge >= 0.3 is 19.5 Å². The van der Waals surface area contributed by atoms with Crippen LogP contribution in [0.25, 0.3) is 0 Å². The average Bonchev–Trinajstić information content (AvgIpc) is 2.33. The summed E-state index contributed by atoms with van der Waals surface area (Å²) in [6.45, 7) is 0. The summed E-state index contributed by atoms with van der Waals surface area (Å²) in [5, 5.41) is 17.6. The molecule has 0 bridgehead atoms. The van der Waals surface area contributed by atoms with Crippen LogP contribution in [0.4, 0.5) is 26.3 Å². The molecule has 0 saturated carbocycles. The van der Waals surface area contributed by atoms with Gasteiger partial charge in [0.05, 0.1) is 0 Å². The molecule has 1 rings (SSSR count). The van der Waals surface area contributed by atoms with Gasteiger partial charge in [0, 0.05) is 11.1 Å². The monoisotopic (exact) mass is 314 g/mol. The van der Waals surface area contributed by atoms with Gasteiger partial charge in [-0.25, -0.2) is 0 Å². The Morgan fingerprint density at radius 3 is 1.67 bits per heavy atom. The number of rotatable bonds is 3. The number of ketones is 2. The van der Waals surface area contributed by atoms with E-state index in [1.54, 1.807) is 0 Å². The number of alkyl halides is 6. The van der Waals surface area contributed by atoms with Crippen LogP contribution < -0.4 is 5.46 Å². The van der Waals surface area contributed by atoms with Crippen LogP contribution in [0.1, 0.15) is 20.7 Å². The Hall–Kier alpha value is -1.88. The number of carbonyl (C=O) groups excluding carboxylic acids is 2. The van der Waals surface area contributed by atoms with E-state index in [1.165, 1.54) is 0 Å². The number of halogens is 6. The van der Waals surface area contributed by atoms with Crippen LogP contribution in [0.15, 0.2) is 18.2 Å². The van der Waals surface area contributed by atoms with Crippen molar-refractivity contribution < 1.29 is 46.0 Å². The van der Waals surface area contributed by atoms with Crippen LogP contribution in [0.2, 0.25) is 0 Å². The summed E-state index contributed by atoms with van der Waals surface area (Å²) in [7, 11) is -2.32. The van der Waals surface area contributed by atoms with Gasteiger partial charge in [0.15, 0.2) is 0 Å². The van der Waals surface area contributed by atoms with Crippen molar-refractivity contribution in [2.24, 2.45) is 0 Å². The van der Waals surface area contributed by atoms with Crippen molar-refractivity contribution >= 4 is 24.1 Å². The molecule has 11 heteroatoms. The lowest BCUT2D eigenvalue weighted by atomic mass is 9.78. The first-order valence-electron chi connectivity index (χ1n) is 5.09. The highest BCUT2D eigenvalue weighted by Crippen LogP contribution is 2.27.